The van der Waals surface area contributed by atoms with Crippen molar-refractivity contribution in [1.29, 1.82) is 0 Å². The molecule has 0 fully saturated rings. The van der Waals surface area contributed by atoms with E-state index in [1.807, 2.05) is 0 Å². The number of carbonyl (C=O) groups is 1. The van der Waals surface area contributed by atoms with Gasteiger partial charge in [0.05, 0.1) is 5.56 Å². The fourth-order valence-corrected chi connectivity index (χ4v) is 1.77. The summed E-state index contributed by atoms with van der Waals surface area (Å²) in [5, 5.41) is 0. The minimum absolute atomic E-state index is 0.193. The third kappa shape index (κ3) is 3.29. The summed E-state index contributed by atoms with van der Waals surface area (Å²) < 4.78 is 13.6. The van der Waals surface area contributed by atoms with E-state index in [2.05, 4.69) is 13.8 Å². The van der Waals surface area contributed by atoms with Gasteiger partial charge in [-0.25, -0.2) is 4.39 Å². The van der Waals surface area contributed by atoms with Crippen LogP contribution in [0.4, 0.5) is 4.39 Å². The van der Waals surface area contributed by atoms with E-state index in [0.29, 0.717) is 18.0 Å². The number of rotatable bonds is 4. The number of nitrogens with zero attached hydrogens (tertiary/aromatic N) is 1. The van der Waals surface area contributed by atoms with E-state index in [1.54, 1.807) is 31.0 Å². The smallest absolute Gasteiger partial charge is 0.256 e. The van der Waals surface area contributed by atoms with Gasteiger partial charge >= 0.3 is 0 Å². The zero-order valence-electron chi connectivity index (χ0n) is 11.0. The molecule has 0 saturated carbocycles. The van der Waals surface area contributed by atoms with Gasteiger partial charge in [-0.15, -0.1) is 0 Å². The summed E-state index contributed by atoms with van der Waals surface area (Å²) in [6.07, 6.45) is 1.01. The molecular weight excluding hydrogens is 217 g/mol. The van der Waals surface area contributed by atoms with Crippen molar-refractivity contribution in [2.75, 3.05) is 13.6 Å². The van der Waals surface area contributed by atoms with Crippen LogP contribution in [0.2, 0.25) is 0 Å². The predicted octanol–water partition coefficient (Wildman–Crippen LogP) is 3.25. The van der Waals surface area contributed by atoms with Crippen LogP contribution in [0.3, 0.4) is 0 Å². The highest BCUT2D eigenvalue weighted by atomic mass is 19.1. The number of benzene rings is 1. The second kappa shape index (κ2) is 5.80. The average Bonchev–Trinajstić information content (AvgIpc) is 2.28. The molecule has 0 aromatic heterocycles. The maximum atomic E-state index is 13.6. The molecule has 0 spiro atoms. The molecule has 0 bridgehead atoms. The number of hydrogen-bond acceptors (Lipinski definition) is 1. The third-order valence-electron chi connectivity index (χ3n) is 3.06. The molecule has 0 N–H and O–H groups in total. The van der Waals surface area contributed by atoms with E-state index >= 15 is 0 Å². The van der Waals surface area contributed by atoms with Gasteiger partial charge in [0, 0.05) is 13.6 Å². The summed E-state index contributed by atoms with van der Waals surface area (Å²) in [4.78, 5) is 13.7. The van der Waals surface area contributed by atoms with Gasteiger partial charge in [-0.05, 0) is 24.5 Å². The first-order chi connectivity index (χ1) is 7.97. The van der Waals surface area contributed by atoms with Crippen molar-refractivity contribution < 1.29 is 9.18 Å². The van der Waals surface area contributed by atoms with Gasteiger partial charge in [0.2, 0.25) is 0 Å². The van der Waals surface area contributed by atoms with Gasteiger partial charge in [-0.2, -0.15) is 0 Å². The second-order valence-electron chi connectivity index (χ2n) is 4.63. The summed E-state index contributed by atoms with van der Waals surface area (Å²) in [6.45, 7) is 6.58. The Hall–Kier alpha value is -1.38. The molecule has 1 atom stereocenters. The summed E-state index contributed by atoms with van der Waals surface area (Å²) in [6, 6.07) is 4.71. The normalized spacial score (nSPS) is 12.3. The molecule has 1 unspecified atom stereocenters. The molecule has 0 heterocycles. The first-order valence-electron chi connectivity index (χ1n) is 5.98. The second-order valence-corrected chi connectivity index (χ2v) is 4.63. The van der Waals surface area contributed by atoms with E-state index in [-0.39, 0.29) is 11.5 Å². The fraction of sp³-hybridized carbons (Fsp3) is 0.500. The van der Waals surface area contributed by atoms with Gasteiger partial charge in [0.25, 0.3) is 5.91 Å². The van der Waals surface area contributed by atoms with E-state index < -0.39 is 5.82 Å². The van der Waals surface area contributed by atoms with Crippen molar-refractivity contribution >= 4 is 5.91 Å². The fourth-order valence-electron chi connectivity index (χ4n) is 1.77. The van der Waals surface area contributed by atoms with Crippen LogP contribution >= 0.6 is 0 Å². The van der Waals surface area contributed by atoms with Crippen molar-refractivity contribution in [3.8, 4) is 0 Å². The summed E-state index contributed by atoms with van der Waals surface area (Å²) in [7, 11) is 1.72. The predicted molar refractivity (Wildman–Crippen MR) is 67.6 cm³/mol. The summed E-state index contributed by atoms with van der Waals surface area (Å²) >= 11 is 0. The van der Waals surface area contributed by atoms with Crippen molar-refractivity contribution in [3.05, 3.63) is 35.1 Å². The molecule has 0 aliphatic rings. The Bertz CT molecular complexity index is 383. The van der Waals surface area contributed by atoms with Crippen molar-refractivity contribution in [3.63, 3.8) is 0 Å². The lowest BCUT2D eigenvalue weighted by Gasteiger charge is -2.21. The molecule has 0 aliphatic carbocycles. The molecule has 2 nitrogen and oxygen atoms in total. The molecule has 0 aliphatic heterocycles. The highest BCUT2D eigenvalue weighted by Gasteiger charge is 2.19. The molecule has 1 aromatic carbocycles. The molecule has 17 heavy (non-hydrogen) atoms. The topological polar surface area (TPSA) is 20.3 Å². The average molecular weight is 237 g/mol. The number of hydrogen-bond donors (Lipinski definition) is 0. The molecule has 3 heteroatoms. The molecule has 94 valence electrons. The van der Waals surface area contributed by atoms with Gasteiger partial charge < -0.3 is 4.90 Å². The van der Waals surface area contributed by atoms with Crippen LogP contribution in [-0.2, 0) is 0 Å². The lowest BCUT2D eigenvalue weighted by molar-refractivity contribution is 0.0769. The number of carbonyl (C=O) groups excluding carboxylic acids is 1. The lowest BCUT2D eigenvalue weighted by Crippen LogP contribution is -2.32. The Morgan fingerprint density at radius 2 is 2.12 bits per heavy atom. The minimum atomic E-state index is -0.439. The van der Waals surface area contributed by atoms with Crippen molar-refractivity contribution in [2.45, 2.75) is 27.2 Å². The zero-order chi connectivity index (χ0) is 13.0. The zero-order valence-corrected chi connectivity index (χ0v) is 11.0. The van der Waals surface area contributed by atoms with Gasteiger partial charge in [-0.1, -0.05) is 32.4 Å². The van der Waals surface area contributed by atoms with Crippen LogP contribution in [0, 0.1) is 18.7 Å². The third-order valence-corrected chi connectivity index (χ3v) is 3.06. The number of aryl methyl sites for hydroxylation is 1. The molecule has 1 rings (SSSR count). The van der Waals surface area contributed by atoms with Crippen molar-refractivity contribution in [2.24, 2.45) is 5.92 Å². The Morgan fingerprint density at radius 1 is 1.47 bits per heavy atom. The highest BCUT2D eigenvalue weighted by Crippen LogP contribution is 2.15. The summed E-state index contributed by atoms with van der Waals surface area (Å²) in [5.74, 6) is -0.247. The first-order valence-corrected chi connectivity index (χ1v) is 5.98. The molecule has 0 saturated heterocycles. The Morgan fingerprint density at radius 3 is 2.65 bits per heavy atom. The largest absolute Gasteiger partial charge is 0.341 e. The lowest BCUT2D eigenvalue weighted by atomic mass is 10.1. The Balaban J connectivity index is 2.89. The number of amides is 1. The summed E-state index contributed by atoms with van der Waals surface area (Å²) in [5.41, 5.74) is 0.879. The van der Waals surface area contributed by atoms with Crippen molar-refractivity contribution in [1.82, 2.24) is 4.90 Å². The van der Waals surface area contributed by atoms with E-state index in [4.69, 9.17) is 0 Å². The Labute approximate surface area is 102 Å². The van der Waals surface area contributed by atoms with Gasteiger partial charge in [0.15, 0.2) is 0 Å². The van der Waals surface area contributed by atoms with E-state index in [1.165, 1.54) is 6.07 Å². The maximum Gasteiger partial charge on any atom is 0.256 e. The van der Waals surface area contributed by atoms with Crippen LogP contribution < -0.4 is 0 Å². The molecular formula is C14H20FNO. The molecule has 1 aromatic rings. The maximum absolute atomic E-state index is 13.6. The SMILES string of the molecule is CCC(C)CN(C)C(=O)c1c(C)cccc1F. The number of halogens is 1. The van der Waals surface area contributed by atoms with Gasteiger partial charge in [0.1, 0.15) is 5.82 Å². The van der Waals surface area contributed by atoms with Crippen LogP contribution in [0.15, 0.2) is 18.2 Å². The van der Waals surface area contributed by atoms with Crippen LogP contribution in [0.1, 0.15) is 36.2 Å². The van der Waals surface area contributed by atoms with E-state index in [9.17, 15) is 9.18 Å². The first kappa shape index (κ1) is 13.7. The van der Waals surface area contributed by atoms with Crippen LogP contribution in [0.25, 0.3) is 0 Å². The quantitative estimate of drug-likeness (QED) is 0.787. The standard InChI is InChI=1S/C14H20FNO/c1-5-10(2)9-16(4)14(17)13-11(3)7-6-8-12(13)15/h6-8,10H,5,9H2,1-4H3. The monoisotopic (exact) mass is 237 g/mol. The van der Waals surface area contributed by atoms with Gasteiger partial charge in [-0.3, -0.25) is 4.79 Å². The Kier molecular flexibility index (Phi) is 4.67. The highest BCUT2D eigenvalue weighted by molar-refractivity contribution is 5.95. The van der Waals surface area contributed by atoms with Crippen LogP contribution in [-0.4, -0.2) is 24.4 Å². The molecule has 0 radical (unpaired) electrons. The minimum Gasteiger partial charge on any atom is -0.341 e. The van der Waals surface area contributed by atoms with E-state index in [0.717, 1.165) is 6.42 Å². The van der Waals surface area contributed by atoms with Crippen LogP contribution in [0.5, 0.6) is 0 Å². The molecule has 1 amide bonds.